The van der Waals surface area contributed by atoms with Crippen molar-refractivity contribution in [2.75, 3.05) is 20.2 Å². The molecule has 0 unspecified atom stereocenters. The molecule has 5 rings (SSSR count). The van der Waals surface area contributed by atoms with Gasteiger partial charge in [0.25, 0.3) is 0 Å². The number of halogens is 1. The third-order valence-corrected chi connectivity index (χ3v) is 12.8. The van der Waals surface area contributed by atoms with Gasteiger partial charge >= 0.3 is 0 Å². The summed E-state index contributed by atoms with van der Waals surface area (Å²) in [6, 6.07) is 4.26. The van der Waals surface area contributed by atoms with E-state index in [0.717, 1.165) is 38.8 Å². The summed E-state index contributed by atoms with van der Waals surface area (Å²) in [5.74, 6) is -2.96. The fourth-order valence-corrected chi connectivity index (χ4v) is 9.30. The molecule has 2 aliphatic carbocycles. The van der Waals surface area contributed by atoms with Crippen LogP contribution in [0, 0.1) is 0 Å². The second kappa shape index (κ2) is 22.7. The Bertz CT molecular complexity index is 1710. The molecule has 59 heavy (non-hydrogen) atoms. The molecule has 0 aromatic heterocycles. The van der Waals surface area contributed by atoms with Crippen LogP contribution in [0.2, 0.25) is 0 Å². The van der Waals surface area contributed by atoms with Gasteiger partial charge in [-0.25, -0.2) is 0 Å². The van der Waals surface area contributed by atoms with Gasteiger partial charge in [0.2, 0.25) is 5.78 Å². The van der Waals surface area contributed by atoms with E-state index in [0.29, 0.717) is 0 Å². The molecular formula is C47H70ClNO10. The number of aliphatic hydroxyl groups is 2. The van der Waals surface area contributed by atoms with Crippen LogP contribution in [0.4, 0.5) is 0 Å². The standard InChI is InChI=1S/C47H69NO10.ClH/c1-6-8-10-12-14-16-18-20-25-48(26-21-19-17-15-13-11-9-7-2)34-27-37(57-30(3)42(34)50)58-36-29-47(55,31(4)49)28-33-39(36)46(54)41-40(44(33)52)43(51)32-23-22-24-35(56-5)38(32)45(41)53;/h22-24,30,34,36-37,42,50,52,54-55H,6-21,25-29H2,1-5H3;1H/t30-,34-,36-,37-,42+,47-;/m0./s1. The third kappa shape index (κ3) is 11.3. The van der Waals surface area contributed by atoms with E-state index in [1.54, 1.807) is 19.1 Å². The van der Waals surface area contributed by atoms with E-state index in [1.165, 1.54) is 97.1 Å². The van der Waals surface area contributed by atoms with Crippen LogP contribution in [0.1, 0.15) is 192 Å². The average Bonchev–Trinajstić information content (AvgIpc) is 3.20. The summed E-state index contributed by atoms with van der Waals surface area (Å²) in [6.45, 7) is 9.15. The van der Waals surface area contributed by atoms with Gasteiger partial charge < -0.3 is 34.6 Å². The minimum absolute atomic E-state index is 0. The molecule has 0 radical (unpaired) electrons. The summed E-state index contributed by atoms with van der Waals surface area (Å²) in [6.07, 6.45) is 15.2. The molecule has 0 bridgehead atoms. The highest BCUT2D eigenvalue weighted by Crippen LogP contribution is 2.52. The first kappa shape index (κ1) is 48.6. The molecule has 0 saturated carbocycles. The molecule has 4 N–H and O–H groups in total. The molecule has 3 aliphatic rings. The lowest BCUT2D eigenvalue weighted by molar-refractivity contribution is -0.258. The number of Topliss-reactive ketones (excluding diaryl/α,β-unsaturated/α-hetero) is 1. The van der Waals surface area contributed by atoms with E-state index in [4.69, 9.17) is 14.2 Å². The largest absolute Gasteiger partial charge is 0.507 e. The van der Waals surface area contributed by atoms with E-state index in [-0.39, 0.29) is 64.9 Å². The van der Waals surface area contributed by atoms with Crippen molar-refractivity contribution < 1.29 is 49.0 Å². The molecule has 6 atom stereocenters. The van der Waals surface area contributed by atoms with Gasteiger partial charge in [0.05, 0.1) is 42.1 Å². The van der Waals surface area contributed by atoms with E-state index < -0.39 is 71.0 Å². The molecule has 0 spiro atoms. The molecular weight excluding hydrogens is 774 g/mol. The number of benzene rings is 2. The highest BCUT2D eigenvalue weighted by molar-refractivity contribution is 6.31. The number of aliphatic hydroxyl groups excluding tert-OH is 1. The van der Waals surface area contributed by atoms with Crippen LogP contribution in [-0.4, -0.2) is 93.0 Å². The Morgan fingerprint density at radius 1 is 0.831 bits per heavy atom. The zero-order valence-corrected chi connectivity index (χ0v) is 36.9. The summed E-state index contributed by atoms with van der Waals surface area (Å²) in [5, 5.41) is 47.1. The number of fused-ring (bicyclic) bond motifs is 3. The molecule has 330 valence electrons. The fourth-order valence-electron chi connectivity index (χ4n) is 9.30. The van der Waals surface area contributed by atoms with Crippen molar-refractivity contribution in [2.24, 2.45) is 0 Å². The van der Waals surface area contributed by atoms with Gasteiger partial charge in [-0.15, -0.1) is 12.4 Å². The number of ketones is 3. The van der Waals surface area contributed by atoms with Crippen molar-refractivity contribution in [3.05, 3.63) is 51.6 Å². The van der Waals surface area contributed by atoms with Crippen molar-refractivity contribution in [2.45, 2.75) is 186 Å². The van der Waals surface area contributed by atoms with Gasteiger partial charge in [0.15, 0.2) is 17.9 Å². The zero-order valence-electron chi connectivity index (χ0n) is 36.1. The van der Waals surface area contributed by atoms with Crippen LogP contribution in [0.5, 0.6) is 17.2 Å². The number of aromatic hydroxyl groups is 2. The predicted molar refractivity (Wildman–Crippen MR) is 230 cm³/mol. The van der Waals surface area contributed by atoms with Gasteiger partial charge in [0.1, 0.15) is 22.8 Å². The number of unbranched alkanes of at least 4 members (excludes halogenated alkanes) is 14. The number of carbonyl (C=O) groups excluding carboxylic acids is 3. The summed E-state index contributed by atoms with van der Waals surface area (Å²) >= 11 is 0. The van der Waals surface area contributed by atoms with Crippen LogP contribution in [0.25, 0.3) is 0 Å². The van der Waals surface area contributed by atoms with E-state index in [1.807, 2.05) is 0 Å². The number of hydrogen-bond acceptors (Lipinski definition) is 11. The lowest BCUT2D eigenvalue weighted by Crippen LogP contribution is -2.56. The Kier molecular flexibility index (Phi) is 18.7. The minimum atomic E-state index is -2.00. The topological polar surface area (TPSA) is 163 Å². The van der Waals surface area contributed by atoms with Gasteiger partial charge in [-0.05, 0) is 45.8 Å². The zero-order chi connectivity index (χ0) is 42.0. The number of phenols is 2. The summed E-state index contributed by atoms with van der Waals surface area (Å²) in [4.78, 5) is 43.4. The second-order valence-corrected chi connectivity index (χ2v) is 17.0. The Balaban J connectivity index is 0.00000769. The number of rotatable bonds is 23. The second-order valence-electron chi connectivity index (χ2n) is 17.0. The van der Waals surface area contributed by atoms with Crippen LogP contribution >= 0.6 is 12.4 Å². The third-order valence-electron chi connectivity index (χ3n) is 12.8. The fraction of sp³-hybridized carbons (Fsp3) is 0.681. The lowest BCUT2D eigenvalue weighted by atomic mass is 9.72. The monoisotopic (exact) mass is 843 g/mol. The lowest BCUT2D eigenvalue weighted by Gasteiger charge is -2.45. The molecule has 2 aromatic carbocycles. The molecule has 11 nitrogen and oxygen atoms in total. The van der Waals surface area contributed by atoms with Crippen LogP contribution in [-0.2, 0) is 20.7 Å². The molecule has 1 fully saturated rings. The van der Waals surface area contributed by atoms with Gasteiger partial charge in [-0.1, -0.05) is 116 Å². The van der Waals surface area contributed by atoms with E-state index in [9.17, 15) is 34.8 Å². The van der Waals surface area contributed by atoms with Gasteiger partial charge in [-0.2, -0.15) is 0 Å². The number of methoxy groups -OCH3 is 1. The van der Waals surface area contributed by atoms with Crippen molar-refractivity contribution >= 4 is 29.8 Å². The number of ether oxygens (including phenoxy) is 3. The first-order chi connectivity index (χ1) is 27.9. The van der Waals surface area contributed by atoms with Crippen LogP contribution in [0.3, 0.4) is 0 Å². The maximum absolute atomic E-state index is 14.1. The van der Waals surface area contributed by atoms with Gasteiger partial charge in [-0.3, -0.25) is 19.3 Å². The van der Waals surface area contributed by atoms with Crippen molar-refractivity contribution in [3.63, 3.8) is 0 Å². The maximum atomic E-state index is 14.1. The Morgan fingerprint density at radius 3 is 1.92 bits per heavy atom. The van der Waals surface area contributed by atoms with E-state index >= 15 is 0 Å². The number of hydrogen-bond donors (Lipinski definition) is 4. The molecule has 1 aliphatic heterocycles. The normalized spacial score (nSPS) is 23.7. The Hall–Kier alpha value is -3.06. The van der Waals surface area contributed by atoms with Crippen molar-refractivity contribution in [3.8, 4) is 17.2 Å². The highest BCUT2D eigenvalue weighted by Gasteiger charge is 2.50. The molecule has 2 aromatic rings. The quantitative estimate of drug-likeness (QED) is 0.0532. The average molecular weight is 845 g/mol. The predicted octanol–water partition coefficient (Wildman–Crippen LogP) is 9.08. The summed E-state index contributed by atoms with van der Waals surface area (Å²) < 4.78 is 18.3. The molecule has 1 heterocycles. The van der Waals surface area contributed by atoms with Crippen molar-refractivity contribution in [1.29, 1.82) is 0 Å². The van der Waals surface area contributed by atoms with E-state index in [2.05, 4.69) is 18.7 Å². The number of carbonyl (C=O) groups is 3. The number of nitrogens with zero attached hydrogens (tertiary/aromatic N) is 1. The molecule has 1 saturated heterocycles. The van der Waals surface area contributed by atoms with Crippen LogP contribution < -0.4 is 4.74 Å². The molecule has 12 heteroatoms. The Labute approximate surface area is 357 Å². The Morgan fingerprint density at radius 2 is 1.37 bits per heavy atom. The first-order valence-electron chi connectivity index (χ1n) is 22.2. The SMILES string of the molecule is CCCCCCCCCCN(CCCCCCCCCC)[C@H]1C[C@H](O[C@H]2C[C@](O)(C(C)=O)Cc3c(O)c4c(c(O)c32)C(=O)c2c(OC)cccc2C4=O)O[C@@H](C)[C@H]1O.Cl. The maximum Gasteiger partial charge on any atom is 0.202 e. The van der Waals surface area contributed by atoms with Gasteiger partial charge in [0, 0.05) is 42.0 Å². The van der Waals surface area contributed by atoms with Crippen LogP contribution in [0.15, 0.2) is 18.2 Å². The smallest absolute Gasteiger partial charge is 0.202 e. The highest BCUT2D eigenvalue weighted by atomic mass is 35.5. The minimum Gasteiger partial charge on any atom is -0.507 e. The molecule has 0 amide bonds. The van der Waals surface area contributed by atoms with Crippen molar-refractivity contribution in [1.82, 2.24) is 4.90 Å². The first-order valence-corrected chi connectivity index (χ1v) is 22.2. The number of phenolic OH excluding ortho intramolecular Hbond substituents is 2. The summed E-state index contributed by atoms with van der Waals surface area (Å²) in [7, 11) is 1.38. The summed E-state index contributed by atoms with van der Waals surface area (Å²) in [5.41, 5.74) is -2.81.